The number of hydrazone groups is 1. The Hall–Kier alpha value is -3.02. The molecule has 0 radical (unpaired) electrons. The highest BCUT2D eigenvalue weighted by molar-refractivity contribution is 5.83. The Morgan fingerprint density at radius 3 is 2.38 bits per heavy atom. The zero-order chi connectivity index (χ0) is 17.2. The molecule has 1 amide bonds. The van der Waals surface area contributed by atoms with Crippen LogP contribution in [0, 0.1) is 0 Å². The van der Waals surface area contributed by atoms with E-state index in [4.69, 9.17) is 14.2 Å². The van der Waals surface area contributed by atoms with Gasteiger partial charge in [-0.15, -0.1) is 0 Å². The second-order valence-corrected chi connectivity index (χ2v) is 4.73. The number of rotatable bonds is 8. The molecule has 0 aromatic heterocycles. The van der Waals surface area contributed by atoms with Crippen LogP contribution in [0.25, 0.3) is 0 Å². The number of nitrogens with one attached hydrogen (secondary N) is 1. The van der Waals surface area contributed by atoms with Crippen molar-refractivity contribution in [3.63, 3.8) is 0 Å². The molecule has 0 unspecified atom stereocenters. The summed E-state index contributed by atoms with van der Waals surface area (Å²) in [5, 5.41) is 3.89. The quantitative estimate of drug-likeness (QED) is 0.597. The summed E-state index contributed by atoms with van der Waals surface area (Å²) in [5.41, 5.74) is 3.26. The third-order valence-electron chi connectivity index (χ3n) is 3.03. The summed E-state index contributed by atoms with van der Waals surface area (Å²) in [5.74, 6) is 1.53. The summed E-state index contributed by atoms with van der Waals surface area (Å²) in [7, 11) is 1.60. The molecule has 0 heterocycles. The predicted molar refractivity (Wildman–Crippen MR) is 91.8 cm³/mol. The van der Waals surface area contributed by atoms with Crippen molar-refractivity contribution in [2.75, 3.05) is 20.3 Å². The van der Waals surface area contributed by atoms with E-state index in [0.29, 0.717) is 18.1 Å². The third-order valence-corrected chi connectivity index (χ3v) is 3.03. The molecule has 0 aliphatic rings. The van der Waals surface area contributed by atoms with E-state index in [9.17, 15) is 4.79 Å². The number of carbonyl (C=O) groups excluding carboxylic acids is 1. The number of benzene rings is 2. The van der Waals surface area contributed by atoms with Crippen LogP contribution >= 0.6 is 0 Å². The number of nitrogens with zero attached hydrogens (tertiary/aromatic N) is 1. The lowest BCUT2D eigenvalue weighted by atomic mass is 10.2. The Morgan fingerprint density at radius 1 is 1.08 bits per heavy atom. The average Bonchev–Trinajstić information content (AvgIpc) is 2.62. The molecule has 0 atom stereocenters. The lowest BCUT2D eigenvalue weighted by Crippen LogP contribution is -2.24. The van der Waals surface area contributed by atoms with E-state index >= 15 is 0 Å². The largest absolute Gasteiger partial charge is 0.497 e. The van der Waals surface area contributed by atoms with E-state index < -0.39 is 0 Å². The third kappa shape index (κ3) is 5.31. The number of hydrogen-bond acceptors (Lipinski definition) is 5. The summed E-state index contributed by atoms with van der Waals surface area (Å²) in [6.07, 6.45) is 1.55. The zero-order valence-electron chi connectivity index (χ0n) is 13.7. The van der Waals surface area contributed by atoms with Gasteiger partial charge in [-0.05, 0) is 48.9 Å². The topological polar surface area (TPSA) is 69.2 Å². The summed E-state index contributed by atoms with van der Waals surface area (Å²) in [6, 6.07) is 14.5. The molecular weight excluding hydrogens is 308 g/mol. The SMILES string of the molecule is CCOc1ccccc1OCC(=O)N/N=C\c1ccc(OC)cc1. The van der Waals surface area contributed by atoms with E-state index in [-0.39, 0.29) is 12.5 Å². The molecule has 126 valence electrons. The van der Waals surface area contributed by atoms with Crippen molar-refractivity contribution >= 4 is 12.1 Å². The van der Waals surface area contributed by atoms with Gasteiger partial charge in [-0.25, -0.2) is 5.43 Å². The van der Waals surface area contributed by atoms with Crippen LogP contribution in [-0.2, 0) is 4.79 Å². The second kappa shape index (κ2) is 9.19. The van der Waals surface area contributed by atoms with Gasteiger partial charge >= 0.3 is 0 Å². The molecule has 0 saturated heterocycles. The van der Waals surface area contributed by atoms with E-state index in [2.05, 4.69) is 10.5 Å². The van der Waals surface area contributed by atoms with Crippen LogP contribution in [0.15, 0.2) is 53.6 Å². The second-order valence-electron chi connectivity index (χ2n) is 4.73. The molecule has 1 N–H and O–H groups in total. The number of para-hydroxylation sites is 2. The van der Waals surface area contributed by atoms with E-state index in [0.717, 1.165) is 11.3 Å². The highest BCUT2D eigenvalue weighted by Gasteiger charge is 2.06. The van der Waals surface area contributed by atoms with E-state index in [1.807, 2.05) is 43.3 Å². The molecule has 0 aliphatic heterocycles. The summed E-state index contributed by atoms with van der Waals surface area (Å²) < 4.78 is 16.0. The number of hydrogen-bond donors (Lipinski definition) is 1. The Morgan fingerprint density at radius 2 is 1.75 bits per heavy atom. The van der Waals surface area contributed by atoms with Crippen molar-refractivity contribution in [3.8, 4) is 17.2 Å². The fraction of sp³-hybridized carbons (Fsp3) is 0.222. The molecule has 0 fully saturated rings. The number of carbonyl (C=O) groups is 1. The minimum Gasteiger partial charge on any atom is -0.497 e. The van der Waals surface area contributed by atoms with Crippen molar-refractivity contribution in [2.24, 2.45) is 5.10 Å². The van der Waals surface area contributed by atoms with E-state index in [1.54, 1.807) is 25.5 Å². The van der Waals surface area contributed by atoms with Crippen LogP contribution < -0.4 is 19.6 Å². The Labute approximate surface area is 141 Å². The van der Waals surface area contributed by atoms with Gasteiger partial charge in [0.05, 0.1) is 19.9 Å². The first-order valence-corrected chi connectivity index (χ1v) is 7.53. The molecule has 6 heteroatoms. The van der Waals surface area contributed by atoms with Gasteiger partial charge in [-0.3, -0.25) is 4.79 Å². The molecule has 24 heavy (non-hydrogen) atoms. The van der Waals surface area contributed by atoms with Crippen LogP contribution in [-0.4, -0.2) is 32.4 Å². The molecule has 2 aromatic rings. The normalized spacial score (nSPS) is 10.4. The van der Waals surface area contributed by atoms with Crippen molar-refractivity contribution < 1.29 is 19.0 Å². The van der Waals surface area contributed by atoms with Gasteiger partial charge in [-0.2, -0.15) is 5.10 Å². The maximum atomic E-state index is 11.8. The first-order chi connectivity index (χ1) is 11.7. The van der Waals surface area contributed by atoms with Crippen molar-refractivity contribution in [2.45, 2.75) is 6.92 Å². The molecule has 6 nitrogen and oxygen atoms in total. The minimum absolute atomic E-state index is 0.149. The average molecular weight is 328 g/mol. The van der Waals surface area contributed by atoms with Crippen LogP contribution in [0.1, 0.15) is 12.5 Å². The molecule has 2 aromatic carbocycles. The minimum atomic E-state index is -0.355. The summed E-state index contributed by atoms with van der Waals surface area (Å²) in [6.45, 7) is 2.26. The monoisotopic (exact) mass is 328 g/mol. The molecule has 2 rings (SSSR count). The fourth-order valence-electron chi connectivity index (χ4n) is 1.89. The van der Waals surface area contributed by atoms with Gasteiger partial charge in [0.15, 0.2) is 18.1 Å². The van der Waals surface area contributed by atoms with Gasteiger partial charge in [0, 0.05) is 0 Å². The number of ether oxygens (including phenoxy) is 3. The smallest absolute Gasteiger partial charge is 0.277 e. The summed E-state index contributed by atoms with van der Waals surface area (Å²) >= 11 is 0. The Bertz CT molecular complexity index is 684. The van der Waals surface area contributed by atoms with Crippen LogP contribution in [0.5, 0.6) is 17.2 Å². The van der Waals surface area contributed by atoms with Gasteiger partial charge in [-0.1, -0.05) is 12.1 Å². The van der Waals surface area contributed by atoms with Crippen molar-refractivity contribution in [1.29, 1.82) is 0 Å². The first kappa shape index (κ1) is 17.3. The predicted octanol–water partition coefficient (Wildman–Crippen LogP) is 2.62. The number of methoxy groups -OCH3 is 1. The van der Waals surface area contributed by atoms with Gasteiger partial charge in [0.2, 0.25) is 0 Å². The van der Waals surface area contributed by atoms with Crippen molar-refractivity contribution in [1.82, 2.24) is 5.43 Å². The van der Waals surface area contributed by atoms with Gasteiger partial charge in [0.25, 0.3) is 5.91 Å². The van der Waals surface area contributed by atoms with Crippen LogP contribution in [0.2, 0.25) is 0 Å². The fourth-order valence-corrected chi connectivity index (χ4v) is 1.89. The van der Waals surface area contributed by atoms with Crippen LogP contribution in [0.4, 0.5) is 0 Å². The molecule has 0 spiro atoms. The molecule has 0 aliphatic carbocycles. The van der Waals surface area contributed by atoms with Gasteiger partial charge < -0.3 is 14.2 Å². The summed E-state index contributed by atoms with van der Waals surface area (Å²) in [4.78, 5) is 11.8. The Balaban J connectivity index is 1.82. The standard InChI is InChI=1S/C18H20N2O4/c1-3-23-16-6-4-5-7-17(16)24-13-18(21)20-19-12-14-8-10-15(22-2)11-9-14/h4-12H,3,13H2,1-2H3,(H,20,21)/b19-12-. The maximum absolute atomic E-state index is 11.8. The van der Waals surface area contributed by atoms with Crippen molar-refractivity contribution in [3.05, 3.63) is 54.1 Å². The first-order valence-electron chi connectivity index (χ1n) is 7.53. The van der Waals surface area contributed by atoms with E-state index in [1.165, 1.54) is 0 Å². The number of amides is 1. The molecule has 0 saturated carbocycles. The highest BCUT2D eigenvalue weighted by atomic mass is 16.5. The van der Waals surface area contributed by atoms with Crippen LogP contribution in [0.3, 0.4) is 0 Å². The molecule has 0 bridgehead atoms. The lowest BCUT2D eigenvalue weighted by molar-refractivity contribution is -0.123. The maximum Gasteiger partial charge on any atom is 0.277 e. The lowest BCUT2D eigenvalue weighted by Gasteiger charge is -2.10. The zero-order valence-corrected chi connectivity index (χ0v) is 13.7. The Kier molecular flexibility index (Phi) is 6.64. The highest BCUT2D eigenvalue weighted by Crippen LogP contribution is 2.26. The van der Waals surface area contributed by atoms with Gasteiger partial charge in [0.1, 0.15) is 5.75 Å². The molecular formula is C18H20N2O4.